The van der Waals surface area contributed by atoms with E-state index in [9.17, 15) is 9.18 Å². The van der Waals surface area contributed by atoms with Crippen LogP contribution in [0, 0.1) is 17.1 Å². The van der Waals surface area contributed by atoms with Gasteiger partial charge in [-0.05, 0) is 25.5 Å². The lowest BCUT2D eigenvalue weighted by Crippen LogP contribution is -2.44. The van der Waals surface area contributed by atoms with Crippen LogP contribution in [0.15, 0.2) is 18.3 Å². The Morgan fingerprint density at radius 1 is 1.69 bits per heavy atom. The molecule has 1 aromatic rings. The lowest BCUT2D eigenvalue weighted by molar-refractivity contribution is 0.0918. The van der Waals surface area contributed by atoms with Crippen LogP contribution >= 0.6 is 0 Å². The molecular weight excluding hydrogens is 209 g/mol. The molecule has 0 aliphatic rings. The minimum atomic E-state index is -0.923. The maximum Gasteiger partial charge on any atom is 0.271 e. The number of carbonyl (C=O) groups is 1. The third kappa shape index (κ3) is 2.76. The van der Waals surface area contributed by atoms with Gasteiger partial charge in [0.25, 0.3) is 5.91 Å². The topological polar surface area (TPSA) is 65.8 Å². The van der Waals surface area contributed by atoms with Crippen molar-refractivity contribution in [2.24, 2.45) is 0 Å². The number of nitriles is 1. The lowest BCUT2D eigenvalue weighted by Gasteiger charge is -2.20. The van der Waals surface area contributed by atoms with Crippen molar-refractivity contribution in [2.75, 3.05) is 0 Å². The normalized spacial score (nSPS) is 13.6. The molecule has 1 N–H and O–H groups in total. The molecule has 0 aliphatic heterocycles. The highest BCUT2D eigenvalue weighted by atomic mass is 19.1. The summed E-state index contributed by atoms with van der Waals surface area (Å²) < 4.78 is 12.6. The summed E-state index contributed by atoms with van der Waals surface area (Å²) in [7, 11) is 0. The van der Waals surface area contributed by atoms with Crippen molar-refractivity contribution >= 4 is 5.91 Å². The summed E-state index contributed by atoms with van der Waals surface area (Å²) in [6.45, 7) is 3.41. The Bertz CT molecular complexity index is 424. The summed E-state index contributed by atoms with van der Waals surface area (Å²) in [5, 5.41) is 11.4. The average Bonchev–Trinajstić information content (AvgIpc) is 2.29. The summed E-state index contributed by atoms with van der Waals surface area (Å²) >= 11 is 0. The van der Waals surface area contributed by atoms with Crippen LogP contribution in [-0.2, 0) is 0 Å². The number of carbonyl (C=O) groups excluding carboxylic acids is 1. The molecule has 0 saturated carbocycles. The molecule has 16 heavy (non-hydrogen) atoms. The molecule has 4 nitrogen and oxygen atoms in total. The van der Waals surface area contributed by atoms with Crippen molar-refractivity contribution in [1.82, 2.24) is 10.3 Å². The predicted molar refractivity (Wildman–Crippen MR) is 56.0 cm³/mol. The van der Waals surface area contributed by atoms with E-state index < -0.39 is 17.3 Å². The van der Waals surface area contributed by atoms with Crippen LogP contribution in [-0.4, -0.2) is 16.4 Å². The van der Waals surface area contributed by atoms with Gasteiger partial charge in [-0.25, -0.2) is 9.37 Å². The third-order valence-electron chi connectivity index (χ3n) is 2.30. The summed E-state index contributed by atoms with van der Waals surface area (Å²) in [6, 6.07) is 4.43. The maximum atomic E-state index is 12.6. The van der Waals surface area contributed by atoms with E-state index in [0.29, 0.717) is 6.42 Å². The molecule has 1 atom stereocenters. The van der Waals surface area contributed by atoms with Crippen LogP contribution in [0.2, 0.25) is 0 Å². The Morgan fingerprint density at radius 3 is 2.81 bits per heavy atom. The Kier molecular flexibility index (Phi) is 3.56. The highest BCUT2D eigenvalue weighted by Gasteiger charge is 2.24. The van der Waals surface area contributed by atoms with Gasteiger partial charge in [-0.3, -0.25) is 4.79 Å². The first-order valence-electron chi connectivity index (χ1n) is 4.86. The van der Waals surface area contributed by atoms with Gasteiger partial charge >= 0.3 is 0 Å². The van der Waals surface area contributed by atoms with Crippen LogP contribution in [0.25, 0.3) is 0 Å². The standard InChI is InChI=1S/C11H12FN3O/c1-3-11(2,7-13)15-10(16)9-5-4-8(12)6-14-9/h4-6H,3H2,1-2H3,(H,15,16). The Labute approximate surface area is 93.1 Å². The van der Waals surface area contributed by atoms with Crippen molar-refractivity contribution in [3.05, 3.63) is 29.8 Å². The number of halogens is 1. The average molecular weight is 221 g/mol. The molecule has 84 valence electrons. The molecule has 0 radical (unpaired) electrons. The summed E-state index contributed by atoms with van der Waals surface area (Å²) in [5.41, 5.74) is -0.830. The Morgan fingerprint density at radius 2 is 2.38 bits per heavy atom. The zero-order valence-corrected chi connectivity index (χ0v) is 9.12. The maximum absolute atomic E-state index is 12.6. The first-order chi connectivity index (χ1) is 7.50. The van der Waals surface area contributed by atoms with Crippen LogP contribution in [0.3, 0.4) is 0 Å². The van der Waals surface area contributed by atoms with Gasteiger partial charge in [-0.2, -0.15) is 5.26 Å². The van der Waals surface area contributed by atoms with E-state index in [2.05, 4.69) is 10.3 Å². The lowest BCUT2D eigenvalue weighted by atomic mass is 10.0. The van der Waals surface area contributed by atoms with E-state index in [0.717, 1.165) is 12.3 Å². The van der Waals surface area contributed by atoms with Gasteiger partial charge in [-0.1, -0.05) is 6.92 Å². The van der Waals surface area contributed by atoms with E-state index in [-0.39, 0.29) is 5.69 Å². The molecule has 0 fully saturated rings. The molecule has 5 heteroatoms. The number of hydrogen-bond donors (Lipinski definition) is 1. The third-order valence-corrected chi connectivity index (χ3v) is 2.30. The monoisotopic (exact) mass is 221 g/mol. The predicted octanol–water partition coefficient (Wildman–Crippen LogP) is 1.64. The molecule has 0 aliphatic carbocycles. The molecule has 1 rings (SSSR count). The van der Waals surface area contributed by atoms with E-state index in [1.165, 1.54) is 6.07 Å². The van der Waals surface area contributed by atoms with Gasteiger partial charge in [0.15, 0.2) is 0 Å². The Balaban J connectivity index is 2.81. The number of hydrogen-bond acceptors (Lipinski definition) is 3. The number of nitrogens with zero attached hydrogens (tertiary/aromatic N) is 2. The van der Waals surface area contributed by atoms with E-state index in [4.69, 9.17) is 5.26 Å². The minimum Gasteiger partial charge on any atom is -0.333 e. The van der Waals surface area contributed by atoms with E-state index >= 15 is 0 Å². The molecule has 1 aromatic heterocycles. The van der Waals surface area contributed by atoms with E-state index in [1.807, 2.05) is 6.07 Å². The van der Waals surface area contributed by atoms with Gasteiger partial charge in [0.05, 0.1) is 12.3 Å². The van der Waals surface area contributed by atoms with Crippen molar-refractivity contribution in [1.29, 1.82) is 5.26 Å². The van der Waals surface area contributed by atoms with Crippen molar-refractivity contribution < 1.29 is 9.18 Å². The van der Waals surface area contributed by atoms with Gasteiger partial charge < -0.3 is 5.32 Å². The fourth-order valence-corrected chi connectivity index (χ4v) is 1.02. The minimum absolute atomic E-state index is 0.0938. The van der Waals surface area contributed by atoms with Gasteiger partial charge in [0.2, 0.25) is 0 Å². The molecule has 0 saturated heterocycles. The summed E-state index contributed by atoms with van der Waals surface area (Å²) in [4.78, 5) is 15.3. The summed E-state index contributed by atoms with van der Waals surface area (Å²) in [6.07, 6.45) is 1.45. The number of amides is 1. The van der Waals surface area contributed by atoms with Crippen molar-refractivity contribution in [2.45, 2.75) is 25.8 Å². The number of aromatic nitrogens is 1. The number of pyridine rings is 1. The molecule has 1 heterocycles. The molecule has 0 aromatic carbocycles. The second-order valence-electron chi connectivity index (χ2n) is 3.61. The molecular formula is C11H12FN3O. The fourth-order valence-electron chi connectivity index (χ4n) is 1.02. The Hall–Kier alpha value is -1.96. The van der Waals surface area contributed by atoms with Crippen LogP contribution < -0.4 is 5.32 Å². The van der Waals surface area contributed by atoms with Gasteiger partial charge in [-0.15, -0.1) is 0 Å². The second-order valence-corrected chi connectivity index (χ2v) is 3.61. The largest absolute Gasteiger partial charge is 0.333 e. The second kappa shape index (κ2) is 4.71. The summed E-state index contributed by atoms with van der Waals surface area (Å²) in [5.74, 6) is -0.985. The number of nitrogens with one attached hydrogen (secondary N) is 1. The zero-order valence-electron chi connectivity index (χ0n) is 9.12. The van der Waals surface area contributed by atoms with Crippen molar-refractivity contribution in [3.63, 3.8) is 0 Å². The first-order valence-corrected chi connectivity index (χ1v) is 4.86. The smallest absolute Gasteiger partial charge is 0.271 e. The van der Waals surface area contributed by atoms with E-state index in [1.54, 1.807) is 13.8 Å². The molecule has 1 amide bonds. The SMILES string of the molecule is CCC(C)(C#N)NC(=O)c1ccc(F)cn1. The van der Waals surface area contributed by atoms with Crippen molar-refractivity contribution in [3.8, 4) is 6.07 Å². The van der Waals surface area contributed by atoms with Crippen LogP contribution in [0.4, 0.5) is 4.39 Å². The molecule has 1 unspecified atom stereocenters. The highest BCUT2D eigenvalue weighted by Crippen LogP contribution is 2.08. The van der Waals surface area contributed by atoms with Gasteiger partial charge in [0.1, 0.15) is 17.1 Å². The number of rotatable bonds is 3. The molecule has 0 bridgehead atoms. The van der Waals surface area contributed by atoms with Gasteiger partial charge in [0, 0.05) is 0 Å². The molecule has 0 spiro atoms. The van der Waals surface area contributed by atoms with Crippen LogP contribution in [0.1, 0.15) is 30.8 Å². The zero-order chi connectivity index (χ0) is 12.2. The van der Waals surface area contributed by atoms with Crippen LogP contribution in [0.5, 0.6) is 0 Å². The fraction of sp³-hybridized carbons (Fsp3) is 0.364. The quantitative estimate of drug-likeness (QED) is 0.843. The highest BCUT2D eigenvalue weighted by molar-refractivity contribution is 5.92. The first kappa shape index (κ1) is 12.1.